The van der Waals surface area contributed by atoms with Crippen LogP contribution in [0.1, 0.15) is 36.5 Å². The molecule has 0 bridgehead atoms. The molecule has 1 atom stereocenters. The van der Waals surface area contributed by atoms with Gasteiger partial charge in [-0.3, -0.25) is 19.3 Å². The van der Waals surface area contributed by atoms with Gasteiger partial charge in [-0.05, 0) is 54.6 Å². The van der Waals surface area contributed by atoms with Crippen LogP contribution in [0.5, 0.6) is 0 Å². The molecule has 2 aliphatic heterocycles. The van der Waals surface area contributed by atoms with E-state index in [4.69, 9.17) is 4.74 Å². The third kappa shape index (κ3) is 5.65. The molecule has 1 aromatic heterocycles. The first-order valence-corrected chi connectivity index (χ1v) is 13.6. The van der Waals surface area contributed by atoms with Crippen LogP contribution >= 0.6 is 11.8 Å². The van der Waals surface area contributed by atoms with Crippen LogP contribution < -0.4 is 5.32 Å². The Kier molecular flexibility index (Phi) is 7.76. The zero-order valence-electron chi connectivity index (χ0n) is 20.9. The summed E-state index contributed by atoms with van der Waals surface area (Å²) >= 11 is 0.972. The Labute approximate surface area is 220 Å². The number of hydrogen-bond donors (Lipinski definition) is 1. The molecular weight excluding hydrogens is 486 g/mol. The van der Waals surface area contributed by atoms with E-state index < -0.39 is 0 Å². The summed E-state index contributed by atoms with van der Waals surface area (Å²) in [5.74, 6) is -0.348. The molecule has 0 saturated carbocycles. The predicted molar refractivity (Wildman–Crippen MR) is 146 cm³/mol. The third-order valence-electron chi connectivity index (χ3n) is 6.89. The van der Waals surface area contributed by atoms with Gasteiger partial charge in [-0.2, -0.15) is 0 Å². The maximum atomic E-state index is 13.1. The second-order valence-corrected chi connectivity index (χ2v) is 10.4. The monoisotopic (exact) mass is 517 g/mol. The molecule has 2 fully saturated rings. The van der Waals surface area contributed by atoms with E-state index in [0.717, 1.165) is 65.2 Å². The number of para-hydroxylation sites is 1. The summed E-state index contributed by atoms with van der Waals surface area (Å²) in [6.07, 6.45) is 7.22. The van der Waals surface area contributed by atoms with Crippen molar-refractivity contribution in [1.82, 2.24) is 14.8 Å². The summed E-state index contributed by atoms with van der Waals surface area (Å²) in [6, 6.07) is 15.9. The SMILES string of the molecule is CCc1cccc2c(/C=C3\SC(=O)N(CCc4ccccc4)C3=O)cn(CC(=O)NC[C@H]3CCCO3)c12. The fourth-order valence-corrected chi connectivity index (χ4v) is 5.81. The molecule has 3 aromatic rings. The molecule has 8 heteroatoms. The Morgan fingerprint density at radius 2 is 2.00 bits per heavy atom. The van der Waals surface area contributed by atoms with Gasteiger partial charge in [-0.15, -0.1) is 0 Å². The van der Waals surface area contributed by atoms with E-state index in [0.29, 0.717) is 24.4 Å². The lowest BCUT2D eigenvalue weighted by Crippen LogP contribution is -2.34. The van der Waals surface area contributed by atoms with Gasteiger partial charge in [-0.25, -0.2) is 0 Å². The van der Waals surface area contributed by atoms with E-state index in [-0.39, 0.29) is 29.7 Å². The molecule has 0 spiro atoms. The number of thioether (sulfide) groups is 1. The fourth-order valence-electron chi connectivity index (χ4n) is 4.95. The van der Waals surface area contributed by atoms with Crippen molar-refractivity contribution < 1.29 is 19.1 Å². The summed E-state index contributed by atoms with van der Waals surface area (Å²) in [5, 5.41) is 3.70. The summed E-state index contributed by atoms with van der Waals surface area (Å²) in [4.78, 5) is 40.3. The predicted octanol–water partition coefficient (Wildman–Crippen LogP) is 4.78. The number of fused-ring (bicyclic) bond motifs is 1. The molecule has 3 heterocycles. The van der Waals surface area contributed by atoms with Crippen LogP contribution in [0.3, 0.4) is 0 Å². The summed E-state index contributed by atoms with van der Waals surface area (Å²) in [5.41, 5.74) is 4.01. The van der Waals surface area contributed by atoms with Gasteiger partial charge in [-0.1, -0.05) is 55.5 Å². The van der Waals surface area contributed by atoms with Gasteiger partial charge in [0.05, 0.1) is 16.5 Å². The number of nitrogens with one attached hydrogen (secondary N) is 1. The van der Waals surface area contributed by atoms with E-state index in [1.165, 1.54) is 4.90 Å². The first-order chi connectivity index (χ1) is 18.0. The van der Waals surface area contributed by atoms with Crippen LogP contribution in [-0.4, -0.2) is 52.3 Å². The molecule has 2 aliphatic rings. The van der Waals surface area contributed by atoms with Crippen LogP contribution in [0.4, 0.5) is 4.79 Å². The van der Waals surface area contributed by atoms with E-state index in [2.05, 4.69) is 18.3 Å². The molecule has 192 valence electrons. The minimum atomic E-state index is -0.271. The number of hydrogen-bond acceptors (Lipinski definition) is 5. The normalized spacial score (nSPS) is 18.9. The molecule has 3 amide bonds. The van der Waals surface area contributed by atoms with E-state index in [9.17, 15) is 14.4 Å². The zero-order chi connectivity index (χ0) is 25.8. The number of rotatable bonds is 9. The topological polar surface area (TPSA) is 80.6 Å². The number of aryl methyl sites for hydroxylation is 1. The Hall–Kier alpha value is -3.36. The third-order valence-corrected chi connectivity index (χ3v) is 7.79. The average molecular weight is 518 g/mol. The highest BCUT2D eigenvalue weighted by Crippen LogP contribution is 2.35. The van der Waals surface area contributed by atoms with Crippen molar-refractivity contribution in [1.29, 1.82) is 0 Å². The summed E-state index contributed by atoms with van der Waals surface area (Å²) in [7, 11) is 0. The molecule has 2 saturated heterocycles. The van der Waals surface area contributed by atoms with Crippen LogP contribution in [0, 0.1) is 0 Å². The van der Waals surface area contributed by atoms with Gasteiger partial charge in [0.25, 0.3) is 11.1 Å². The van der Waals surface area contributed by atoms with Crippen molar-refractivity contribution in [2.75, 3.05) is 19.7 Å². The molecule has 0 aliphatic carbocycles. The lowest BCUT2D eigenvalue weighted by atomic mass is 10.1. The molecule has 2 aromatic carbocycles. The highest BCUT2D eigenvalue weighted by atomic mass is 32.2. The van der Waals surface area contributed by atoms with Crippen molar-refractivity contribution in [3.05, 3.63) is 76.3 Å². The number of amides is 3. The first kappa shape index (κ1) is 25.3. The Morgan fingerprint density at radius 3 is 2.76 bits per heavy atom. The van der Waals surface area contributed by atoms with Crippen LogP contribution in [0.15, 0.2) is 59.6 Å². The summed E-state index contributed by atoms with van der Waals surface area (Å²) in [6.45, 7) is 3.87. The number of ether oxygens (including phenoxy) is 1. The molecule has 0 unspecified atom stereocenters. The molecule has 1 N–H and O–H groups in total. The number of aromatic nitrogens is 1. The van der Waals surface area contributed by atoms with E-state index >= 15 is 0 Å². The molecule has 0 radical (unpaired) electrons. The van der Waals surface area contributed by atoms with Gasteiger partial charge in [0.1, 0.15) is 6.54 Å². The van der Waals surface area contributed by atoms with Crippen molar-refractivity contribution in [2.45, 2.75) is 45.3 Å². The minimum Gasteiger partial charge on any atom is -0.376 e. The molecule has 5 rings (SSSR count). The summed E-state index contributed by atoms with van der Waals surface area (Å²) < 4.78 is 7.56. The van der Waals surface area contributed by atoms with Crippen molar-refractivity contribution in [3.63, 3.8) is 0 Å². The second-order valence-electron chi connectivity index (χ2n) is 9.39. The quantitative estimate of drug-likeness (QED) is 0.413. The Balaban J connectivity index is 1.37. The van der Waals surface area contributed by atoms with Gasteiger partial charge in [0.2, 0.25) is 5.91 Å². The standard InChI is InChI=1S/C29H31N3O4S/c1-2-21-10-6-12-24-22(18-31(27(21)24)19-26(33)30-17-23-11-7-15-36-23)16-25-28(34)32(29(35)37-25)14-13-20-8-4-3-5-9-20/h3-6,8-10,12,16,18,23H,2,7,11,13-15,17,19H2,1H3,(H,30,33)/b25-16-/t23-/m1/s1. The number of imide groups is 1. The zero-order valence-corrected chi connectivity index (χ0v) is 21.8. The average Bonchev–Trinajstić information content (AvgIpc) is 3.62. The molecule has 37 heavy (non-hydrogen) atoms. The minimum absolute atomic E-state index is 0.0777. The number of carbonyl (C=O) groups excluding carboxylic acids is 3. The smallest absolute Gasteiger partial charge is 0.293 e. The van der Waals surface area contributed by atoms with Gasteiger partial charge < -0.3 is 14.6 Å². The van der Waals surface area contributed by atoms with Gasteiger partial charge in [0, 0.05) is 36.8 Å². The van der Waals surface area contributed by atoms with E-state index in [1.54, 1.807) is 6.08 Å². The van der Waals surface area contributed by atoms with Crippen LogP contribution in [0.2, 0.25) is 0 Å². The number of carbonyl (C=O) groups is 3. The van der Waals surface area contributed by atoms with Crippen molar-refractivity contribution >= 4 is 45.8 Å². The number of nitrogens with zero attached hydrogens (tertiary/aromatic N) is 2. The molecular formula is C29H31N3O4S. The van der Waals surface area contributed by atoms with E-state index in [1.807, 2.05) is 53.2 Å². The Bertz CT molecular complexity index is 1340. The van der Waals surface area contributed by atoms with Crippen molar-refractivity contribution in [3.8, 4) is 0 Å². The van der Waals surface area contributed by atoms with Crippen LogP contribution in [0.25, 0.3) is 17.0 Å². The number of benzene rings is 2. The van der Waals surface area contributed by atoms with Gasteiger partial charge >= 0.3 is 0 Å². The van der Waals surface area contributed by atoms with Gasteiger partial charge in [0.15, 0.2) is 0 Å². The van der Waals surface area contributed by atoms with Crippen molar-refractivity contribution in [2.24, 2.45) is 0 Å². The maximum Gasteiger partial charge on any atom is 0.293 e. The lowest BCUT2D eigenvalue weighted by molar-refractivity contribution is -0.123. The fraction of sp³-hybridized carbons (Fsp3) is 0.345. The Morgan fingerprint density at radius 1 is 1.16 bits per heavy atom. The molecule has 7 nitrogen and oxygen atoms in total. The largest absolute Gasteiger partial charge is 0.376 e. The lowest BCUT2D eigenvalue weighted by Gasteiger charge is -2.12. The first-order valence-electron chi connectivity index (χ1n) is 12.8. The van der Waals surface area contributed by atoms with Crippen LogP contribution in [-0.2, 0) is 33.7 Å². The maximum absolute atomic E-state index is 13.1. The second kappa shape index (κ2) is 11.4. The highest BCUT2D eigenvalue weighted by molar-refractivity contribution is 8.18. The highest BCUT2D eigenvalue weighted by Gasteiger charge is 2.35.